The van der Waals surface area contributed by atoms with Crippen LogP contribution in [0.4, 0.5) is 0 Å². The van der Waals surface area contributed by atoms with Crippen LogP contribution in [0.2, 0.25) is 0 Å². The van der Waals surface area contributed by atoms with E-state index in [9.17, 15) is 0 Å². The Kier molecular flexibility index (Phi) is 19.4. The fourth-order valence-corrected chi connectivity index (χ4v) is 5.99. The smallest absolute Gasteiger partial charge is 0.364 e. The molecule has 0 atom stereocenters. The molecular formula is C22H49NO3Si. The zero-order valence-corrected chi connectivity index (χ0v) is 20.2. The Bertz CT molecular complexity index is 293. The normalized spacial score (nSPS) is 12.2. The Labute approximate surface area is 171 Å². The maximum absolute atomic E-state index is 5.64. The second-order valence-corrected chi connectivity index (χ2v) is 10.6. The van der Waals surface area contributed by atoms with Gasteiger partial charge in [-0.3, -0.25) is 4.57 Å². The highest BCUT2D eigenvalue weighted by Gasteiger charge is 2.45. The molecule has 0 saturated carbocycles. The number of rotatable bonds is 21. The molecule has 0 fully saturated rings. The van der Waals surface area contributed by atoms with Gasteiger partial charge < -0.3 is 13.3 Å². The summed E-state index contributed by atoms with van der Waals surface area (Å²) in [7, 11) is 2.46. The molecule has 0 spiro atoms. The predicted molar refractivity (Wildman–Crippen MR) is 119 cm³/mol. The SMILES string of the molecule is CCCCCCCCCCCCCCCCN(CCC)[Si](OC)(OC)OC. The molecule has 0 heterocycles. The molecule has 0 radical (unpaired) electrons. The van der Waals surface area contributed by atoms with Gasteiger partial charge in [0.05, 0.1) is 0 Å². The molecule has 27 heavy (non-hydrogen) atoms. The van der Waals surface area contributed by atoms with Crippen LogP contribution in [0, 0.1) is 0 Å². The minimum atomic E-state index is -2.64. The summed E-state index contributed by atoms with van der Waals surface area (Å²) in [6.45, 7) is 6.46. The van der Waals surface area contributed by atoms with Crippen molar-refractivity contribution in [2.75, 3.05) is 34.4 Å². The van der Waals surface area contributed by atoms with Gasteiger partial charge in [0.1, 0.15) is 0 Å². The van der Waals surface area contributed by atoms with E-state index in [4.69, 9.17) is 13.3 Å². The van der Waals surface area contributed by atoms with Gasteiger partial charge >= 0.3 is 8.97 Å². The monoisotopic (exact) mass is 403 g/mol. The molecule has 0 aromatic carbocycles. The molecule has 0 aliphatic heterocycles. The van der Waals surface area contributed by atoms with Gasteiger partial charge in [0.25, 0.3) is 0 Å². The molecule has 0 aromatic heterocycles. The van der Waals surface area contributed by atoms with Crippen LogP contribution < -0.4 is 0 Å². The van der Waals surface area contributed by atoms with Gasteiger partial charge in [0.15, 0.2) is 0 Å². The standard InChI is InChI=1S/C22H49NO3Si/c1-6-8-9-10-11-12-13-14-15-16-17-18-19-20-22-23(21-7-2)27(24-3,25-4)26-5/h6-22H2,1-5H3. The summed E-state index contributed by atoms with van der Waals surface area (Å²) in [6.07, 6.45) is 20.5. The first-order valence-electron chi connectivity index (χ1n) is 11.6. The molecule has 0 aliphatic carbocycles. The molecule has 0 aromatic rings. The second-order valence-electron chi connectivity index (χ2n) is 7.72. The highest BCUT2D eigenvalue weighted by molar-refractivity contribution is 6.57. The molecule has 0 rings (SSSR count). The van der Waals surface area contributed by atoms with E-state index in [1.54, 1.807) is 21.3 Å². The van der Waals surface area contributed by atoms with E-state index in [1.807, 2.05) is 0 Å². The van der Waals surface area contributed by atoms with E-state index >= 15 is 0 Å². The Morgan fingerprint density at radius 2 is 0.852 bits per heavy atom. The van der Waals surface area contributed by atoms with Crippen LogP contribution in [-0.2, 0) is 13.3 Å². The van der Waals surface area contributed by atoms with E-state index in [0.29, 0.717) is 0 Å². The largest absolute Gasteiger partial charge is 0.598 e. The van der Waals surface area contributed by atoms with Gasteiger partial charge in [-0.1, -0.05) is 97.3 Å². The van der Waals surface area contributed by atoms with Crippen LogP contribution in [0.15, 0.2) is 0 Å². The van der Waals surface area contributed by atoms with Crippen LogP contribution in [0.1, 0.15) is 110 Å². The Hall–Kier alpha value is 0.0569. The first-order chi connectivity index (χ1) is 13.2. The van der Waals surface area contributed by atoms with Crippen molar-refractivity contribution in [1.29, 1.82) is 0 Å². The molecule has 0 amide bonds. The average Bonchev–Trinajstić information content (AvgIpc) is 2.69. The highest BCUT2D eigenvalue weighted by Crippen LogP contribution is 2.16. The lowest BCUT2D eigenvalue weighted by molar-refractivity contribution is 0.0565. The van der Waals surface area contributed by atoms with Crippen LogP contribution in [-0.4, -0.2) is 48.0 Å². The van der Waals surface area contributed by atoms with Crippen molar-refractivity contribution in [3.8, 4) is 0 Å². The van der Waals surface area contributed by atoms with Crippen LogP contribution in [0.25, 0.3) is 0 Å². The van der Waals surface area contributed by atoms with Crippen molar-refractivity contribution >= 4 is 8.97 Å². The summed E-state index contributed by atoms with van der Waals surface area (Å²) in [5.41, 5.74) is 0. The fraction of sp³-hybridized carbons (Fsp3) is 1.00. The molecule has 0 unspecified atom stereocenters. The van der Waals surface area contributed by atoms with Crippen molar-refractivity contribution in [2.45, 2.75) is 110 Å². The van der Waals surface area contributed by atoms with Crippen molar-refractivity contribution in [3.05, 3.63) is 0 Å². The molecule has 0 bridgehead atoms. The van der Waals surface area contributed by atoms with Crippen molar-refractivity contribution in [3.63, 3.8) is 0 Å². The summed E-state index contributed by atoms with van der Waals surface area (Å²) < 4.78 is 19.2. The van der Waals surface area contributed by atoms with Crippen LogP contribution in [0.3, 0.4) is 0 Å². The Morgan fingerprint density at radius 3 is 1.19 bits per heavy atom. The van der Waals surface area contributed by atoms with Crippen molar-refractivity contribution in [1.82, 2.24) is 4.57 Å². The lowest BCUT2D eigenvalue weighted by atomic mass is 10.0. The third-order valence-electron chi connectivity index (χ3n) is 5.44. The number of hydrogen-bond donors (Lipinski definition) is 0. The lowest BCUT2D eigenvalue weighted by Crippen LogP contribution is -2.59. The first-order valence-corrected chi connectivity index (χ1v) is 13.3. The zero-order chi connectivity index (χ0) is 20.2. The van der Waals surface area contributed by atoms with Gasteiger partial charge in [-0.2, -0.15) is 0 Å². The summed E-state index contributed by atoms with van der Waals surface area (Å²) in [6, 6.07) is 0. The number of unbranched alkanes of at least 4 members (excludes halogenated alkanes) is 13. The summed E-state index contributed by atoms with van der Waals surface area (Å²) in [4.78, 5) is 0. The van der Waals surface area contributed by atoms with Crippen molar-refractivity contribution < 1.29 is 13.3 Å². The molecule has 0 N–H and O–H groups in total. The summed E-state index contributed by atoms with van der Waals surface area (Å²) in [5, 5.41) is 0. The Morgan fingerprint density at radius 1 is 0.481 bits per heavy atom. The minimum absolute atomic E-state index is 0.972. The molecular weight excluding hydrogens is 354 g/mol. The third kappa shape index (κ3) is 13.0. The number of hydrogen-bond acceptors (Lipinski definition) is 4. The quantitative estimate of drug-likeness (QED) is 0.160. The summed E-state index contributed by atoms with van der Waals surface area (Å²) >= 11 is 0. The summed E-state index contributed by atoms with van der Waals surface area (Å²) in [5.74, 6) is 0. The minimum Gasteiger partial charge on any atom is -0.364 e. The second kappa shape index (κ2) is 19.4. The maximum atomic E-state index is 5.64. The molecule has 0 saturated heterocycles. The molecule has 0 aliphatic rings. The van der Waals surface area contributed by atoms with Crippen molar-refractivity contribution in [2.24, 2.45) is 0 Å². The topological polar surface area (TPSA) is 30.9 Å². The molecule has 5 heteroatoms. The van der Waals surface area contributed by atoms with E-state index in [0.717, 1.165) is 19.5 Å². The lowest BCUT2D eigenvalue weighted by Gasteiger charge is -2.35. The van der Waals surface area contributed by atoms with E-state index in [2.05, 4.69) is 18.4 Å². The number of nitrogens with zero attached hydrogens (tertiary/aromatic N) is 1. The van der Waals surface area contributed by atoms with E-state index in [1.165, 1.54) is 89.9 Å². The van der Waals surface area contributed by atoms with Gasteiger partial charge in [-0.05, 0) is 25.9 Å². The average molecular weight is 404 g/mol. The first kappa shape index (κ1) is 27.1. The van der Waals surface area contributed by atoms with Crippen LogP contribution >= 0.6 is 0 Å². The van der Waals surface area contributed by atoms with Gasteiger partial charge in [-0.15, -0.1) is 0 Å². The third-order valence-corrected chi connectivity index (χ3v) is 8.21. The maximum Gasteiger partial charge on any atom is 0.598 e. The van der Waals surface area contributed by atoms with Gasteiger partial charge in [-0.25, -0.2) is 0 Å². The van der Waals surface area contributed by atoms with Gasteiger partial charge in [0, 0.05) is 21.3 Å². The predicted octanol–water partition coefficient (Wildman–Crippen LogP) is 6.55. The van der Waals surface area contributed by atoms with Crippen LogP contribution in [0.5, 0.6) is 0 Å². The van der Waals surface area contributed by atoms with Gasteiger partial charge in [0.2, 0.25) is 0 Å². The molecule has 4 nitrogen and oxygen atoms in total. The van der Waals surface area contributed by atoms with E-state index < -0.39 is 8.97 Å². The Balaban J connectivity index is 3.63. The fourth-order valence-electron chi connectivity index (χ4n) is 3.79. The zero-order valence-electron chi connectivity index (χ0n) is 19.2. The van der Waals surface area contributed by atoms with E-state index in [-0.39, 0.29) is 0 Å². The highest BCUT2D eigenvalue weighted by atomic mass is 28.4. The molecule has 164 valence electrons.